The van der Waals surface area contributed by atoms with E-state index in [0.717, 1.165) is 24.1 Å². The Labute approximate surface area is 128 Å². The van der Waals surface area contributed by atoms with E-state index in [1.54, 1.807) is 0 Å². The van der Waals surface area contributed by atoms with Gasteiger partial charge in [-0.3, -0.25) is 4.90 Å². The summed E-state index contributed by atoms with van der Waals surface area (Å²) in [5, 5.41) is 0. The summed E-state index contributed by atoms with van der Waals surface area (Å²) in [5.74, 6) is 7.04. The van der Waals surface area contributed by atoms with E-state index in [2.05, 4.69) is 41.0 Å². The maximum absolute atomic E-state index is 5.46. The Kier molecular flexibility index (Phi) is 4.95. The van der Waals surface area contributed by atoms with Crippen LogP contribution in [0.5, 0.6) is 0 Å². The standard InChI is InChI=1S/C19H26N2/c20-12-4-8-16-6-3-7-17(14-16)15-21-13-5-10-18-9-1-2-11-19(18)21/h3,6-7,14,18-19H,1-2,5,9-13,15,20H2. The SMILES string of the molecule is NCC#Cc1cccc(CN2CCCC3CCCCC32)c1. The van der Waals surface area contributed by atoms with Gasteiger partial charge < -0.3 is 5.73 Å². The molecule has 3 rings (SSSR count). The molecule has 1 saturated heterocycles. The van der Waals surface area contributed by atoms with Gasteiger partial charge in [0.05, 0.1) is 6.54 Å². The zero-order chi connectivity index (χ0) is 14.5. The third-order valence-corrected chi connectivity index (χ3v) is 5.01. The van der Waals surface area contributed by atoms with Gasteiger partial charge in [0.25, 0.3) is 0 Å². The lowest BCUT2D eigenvalue weighted by Gasteiger charge is -2.44. The minimum Gasteiger partial charge on any atom is -0.320 e. The minimum atomic E-state index is 0.431. The van der Waals surface area contributed by atoms with Gasteiger partial charge in [-0.25, -0.2) is 0 Å². The zero-order valence-electron chi connectivity index (χ0n) is 12.9. The van der Waals surface area contributed by atoms with E-state index in [0.29, 0.717) is 6.54 Å². The highest BCUT2D eigenvalue weighted by molar-refractivity contribution is 5.37. The Hall–Kier alpha value is -1.30. The average Bonchev–Trinajstić information content (AvgIpc) is 2.54. The van der Waals surface area contributed by atoms with Crippen LogP contribution in [-0.2, 0) is 6.54 Å². The molecule has 2 unspecified atom stereocenters. The molecule has 0 aromatic heterocycles. The molecule has 2 fully saturated rings. The van der Waals surface area contributed by atoms with Crippen LogP contribution in [0.2, 0.25) is 0 Å². The Balaban J connectivity index is 1.70. The highest BCUT2D eigenvalue weighted by atomic mass is 15.2. The summed E-state index contributed by atoms with van der Waals surface area (Å²) in [5.41, 5.74) is 7.94. The van der Waals surface area contributed by atoms with Crippen LogP contribution < -0.4 is 5.73 Å². The molecule has 0 amide bonds. The van der Waals surface area contributed by atoms with Crippen molar-refractivity contribution in [3.8, 4) is 11.8 Å². The molecule has 2 aliphatic rings. The molecule has 0 radical (unpaired) electrons. The smallest absolute Gasteiger partial charge is 0.0555 e. The van der Waals surface area contributed by atoms with Crippen molar-refractivity contribution in [2.75, 3.05) is 13.1 Å². The monoisotopic (exact) mass is 282 g/mol. The number of likely N-dealkylation sites (tertiary alicyclic amines) is 1. The highest BCUT2D eigenvalue weighted by Crippen LogP contribution is 2.35. The van der Waals surface area contributed by atoms with Crippen LogP contribution in [0, 0.1) is 17.8 Å². The second kappa shape index (κ2) is 7.11. The van der Waals surface area contributed by atoms with Crippen LogP contribution in [0.15, 0.2) is 24.3 Å². The predicted molar refractivity (Wildman–Crippen MR) is 87.8 cm³/mol. The van der Waals surface area contributed by atoms with Crippen molar-refractivity contribution in [3.05, 3.63) is 35.4 Å². The first-order valence-corrected chi connectivity index (χ1v) is 8.39. The molecular weight excluding hydrogens is 256 g/mol. The van der Waals surface area contributed by atoms with E-state index in [4.69, 9.17) is 5.73 Å². The number of nitrogens with zero attached hydrogens (tertiary/aromatic N) is 1. The molecule has 2 nitrogen and oxygen atoms in total. The van der Waals surface area contributed by atoms with Crippen molar-refractivity contribution in [1.82, 2.24) is 4.90 Å². The van der Waals surface area contributed by atoms with Crippen LogP contribution >= 0.6 is 0 Å². The lowest BCUT2D eigenvalue weighted by Crippen LogP contribution is -2.46. The van der Waals surface area contributed by atoms with Gasteiger partial charge in [-0.05, 0) is 55.8 Å². The van der Waals surface area contributed by atoms with E-state index >= 15 is 0 Å². The molecule has 1 aromatic carbocycles. The molecule has 2 atom stereocenters. The summed E-state index contributed by atoms with van der Waals surface area (Å²) in [6.07, 6.45) is 8.52. The fourth-order valence-corrected chi connectivity index (χ4v) is 4.06. The number of piperidine rings is 1. The Morgan fingerprint density at radius 1 is 1.14 bits per heavy atom. The molecule has 1 aliphatic carbocycles. The molecule has 1 aliphatic heterocycles. The summed E-state index contributed by atoms with van der Waals surface area (Å²) in [6.45, 7) is 2.78. The van der Waals surface area contributed by atoms with Crippen molar-refractivity contribution in [2.45, 2.75) is 51.1 Å². The molecule has 1 heterocycles. The van der Waals surface area contributed by atoms with Crippen LogP contribution in [-0.4, -0.2) is 24.0 Å². The number of rotatable bonds is 2. The predicted octanol–water partition coefficient (Wildman–Crippen LogP) is 3.15. The largest absolute Gasteiger partial charge is 0.320 e. The average molecular weight is 282 g/mol. The van der Waals surface area contributed by atoms with Gasteiger partial charge in [0.2, 0.25) is 0 Å². The van der Waals surface area contributed by atoms with Crippen molar-refractivity contribution >= 4 is 0 Å². The van der Waals surface area contributed by atoms with Gasteiger partial charge >= 0.3 is 0 Å². The van der Waals surface area contributed by atoms with Gasteiger partial charge in [-0.2, -0.15) is 0 Å². The van der Waals surface area contributed by atoms with Crippen molar-refractivity contribution < 1.29 is 0 Å². The third-order valence-electron chi connectivity index (χ3n) is 5.01. The second-order valence-electron chi connectivity index (χ2n) is 6.43. The lowest BCUT2D eigenvalue weighted by atomic mass is 9.78. The summed E-state index contributed by atoms with van der Waals surface area (Å²) in [6, 6.07) is 9.49. The summed E-state index contributed by atoms with van der Waals surface area (Å²) < 4.78 is 0. The quantitative estimate of drug-likeness (QED) is 0.844. The highest BCUT2D eigenvalue weighted by Gasteiger charge is 2.32. The van der Waals surface area contributed by atoms with Gasteiger partial charge in [0, 0.05) is 18.2 Å². The first kappa shape index (κ1) is 14.6. The summed E-state index contributed by atoms with van der Waals surface area (Å²) in [7, 11) is 0. The molecule has 0 spiro atoms. The van der Waals surface area contributed by atoms with Crippen molar-refractivity contribution in [1.29, 1.82) is 0 Å². The van der Waals surface area contributed by atoms with Gasteiger partial charge in [0.15, 0.2) is 0 Å². The fraction of sp³-hybridized carbons (Fsp3) is 0.579. The van der Waals surface area contributed by atoms with Crippen LogP contribution in [0.4, 0.5) is 0 Å². The molecule has 0 bridgehead atoms. The molecule has 1 saturated carbocycles. The summed E-state index contributed by atoms with van der Waals surface area (Å²) >= 11 is 0. The van der Waals surface area contributed by atoms with E-state index in [1.807, 2.05) is 0 Å². The molecule has 112 valence electrons. The van der Waals surface area contributed by atoms with Crippen molar-refractivity contribution in [2.24, 2.45) is 11.7 Å². The van der Waals surface area contributed by atoms with Crippen molar-refractivity contribution in [3.63, 3.8) is 0 Å². The Morgan fingerprint density at radius 2 is 2.00 bits per heavy atom. The maximum Gasteiger partial charge on any atom is 0.0555 e. The lowest BCUT2D eigenvalue weighted by molar-refractivity contribution is 0.0547. The number of benzene rings is 1. The van der Waals surface area contributed by atoms with Crippen LogP contribution in [0.25, 0.3) is 0 Å². The van der Waals surface area contributed by atoms with Gasteiger partial charge in [0.1, 0.15) is 0 Å². The van der Waals surface area contributed by atoms with Crippen LogP contribution in [0.1, 0.15) is 49.7 Å². The first-order chi connectivity index (χ1) is 10.4. The van der Waals surface area contributed by atoms with E-state index in [1.165, 1.54) is 50.6 Å². The first-order valence-electron chi connectivity index (χ1n) is 8.39. The number of fused-ring (bicyclic) bond motifs is 1. The fourth-order valence-electron chi connectivity index (χ4n) is 4.06. The molecule has 1 aromatic rings. The minimum absolute atomic E-state index is 0.431. The number of nitrogens with two attached hydrogens (primary N) is 1. The van der Waals surface area contributed by atoms with E-state index in [-0.39, 0.29) is 0 Å². The number of hydrogen-bond donors (Lipinski definition) is 1. The molecule has 21 heavy (non-hydrogen) atoms. The second-order valence-corrected chi connectivity index (χ2v) is 6.43. The van der Waals surface area contributed by atoms with Gasteiger partial charge in [-0.1, -0.05) is 36.8 Å². The van der Waals surface area contributed by atoms with Gasteiger partial charge in [-0.15, -0.1) is 0 Å². The van der Waals surface area contributed by atoms with Crippen LogP contribution in [0.3, 0.4) is 0 Å². The van der Waals surface area contributed by atoms with E-state index < -0.39 is 0 Å². The summed E-state index contributed by atoms with van der Waals surface area (Å²) in [4.78, 5) is 2.73. The molecule has 2 N–H and O–H groups in total. The topological polar surface area (TPSA) is 29.3 Å². The number of hydrogen-bond acceptors (Lipinski definition) is 2. The Morgan fingerprint density at radius 3 is 2.90 bits per heavy atom. The molecular formula is C19H26N2. The molecule has 2 heteroatoms. The third kappa shape index (κ3) is 3.67. The van der Waals surface area contributed by atoms with E-state index in [9.17, 15) is 0 Å². The normalized spacial score (nSPS) is 25.8. The Bertz CT molecular complexity index is 524. The zero-order valence-corrected chi connectivity index (χ0v) is 12.9. The maximum atomic E-state index is 5.46.